The van der Waals surface area contributed by atoms with Gasteiger partial charge in [-0.15, -0.1) is 0 Å². The Kier molecular flexibility index (Phi) is 3.12. The lowest BCUT2D eigenvalue weighted by Crippen LogP contribution is -3.23. The van der Waals surface area contributed by atoms with Gasteiger partial charge in [0, 0.05) is 19.8 Å². The van der Waals surface area contributed by atoms with Gasteiger partial charge in [0.2, 0.25) is 0 Å². The van der Waals surface area contributed by atoms with Crippen LogP contribution >= 0.6 is 0 Å². The maximum atomic E-state index is 12.1. The molecule has 1 rings (SSSR count). The molecule has 0 bridgehead atoms. The largest absolute Gasteiger partial charge is 0.634 e. The molecular formula is C11H21NO3. The molecule has 0 spiro atoms. The van der Waals surface area contributed by atoms with Crippen LogP contribution in [0, 0.1) is 5.21 Å². The molecule has 1 N–H and O–H groups in total. The van der Waals surface area contributed by atoms with Gasteiger partial charge in [-0.25, -0.2) is 0 Å². The van der Waals surface area contributed by atoms with Crippen LogP contribution in [0.25, 0.3) is 0 Å². The van der Waals surface area contributed by atoms with Crippen LogP contribution in [0.1, 0.15) is 47.5 Å². The third kappa shape index (κ3) is 2.69. The molecule has 0 unspecified atom stereocenters. The second kappa shape index (κ2) is 3.76. The fraction of sp³-hybridized carbons (Fsp3) is 0.909. The average Bonchev–Trinajstić information content (AvgIpc) is 1.97. The minimum Gasteiger partial charge on any atom is -0.634 e. The summed E-state index contributed by atoms with van der Waals surface area (Å²) in [5, 5.41) is 12.3. The van der Waals surface area contributed by atoms with E-state index >= 15 is 0 Å². The van der Waals surface area contributed by atoms with Crippen molar-refractivity contribution in [3.63, 3.8) is 0 Å². The van der Waals surface area contributed by atoms with Crippen LogP contribution in [0.2, 0.25) is 0 Å². The zero-order valence-corrected chi connectivity index (χ0v) is 10.2. The predicted octanol–water partition coefficient (Wildman–Crippen LogP) is 0.652. The van der Waals surface area contributed by atoms with Crippen LogP contribution in [0.5, 0.6) is 0 Å². The number of piperidine rings is 1. The number of hydroxylamine groups is 2. The molecule has 1 aliphatic heterocycles. The highest BCUT2D eigenvalue weighted by atomic mass is 16.5. The summed E-state index contributed by atoms with van der Waals surface area (Å²) < 4.78 is 5.22. The quantitative estimate of drug-likeness (QED) is 0.516. The molecule has 0 aromatic rings. The van der Waals surface area contributed by atoms with Crippen LogP contribution in [-0.4, -0.2) is 23.2 Å². The Morgan fingerprint density at radius 2 is 1.67 bits per heavy atom. The van der Waals surface area contributed by atoms with Crippen molar-refractivity contribution in [3.8, 4) is 0 Å². The summed E-state index contributed by atoms with van der Waals surface area (Å²) in [6, 6.07) is 0. The van der Waals surface area contributed by atoms with Gasteiger partial charge in [-0.3, -0.25) is 4.79 Å². The van der Waals surface area contributed by atoms with Crippen LogP contribution in [0.4, 0.5) is 0 Å². The first-order valence-corrected chi connectivity index (χ1v) is 5.37. The molecule has 1 saturated heterocycles. The Bertz CT molecular complexity index is 243. The number of ether oxygens (including phenoxy) is 1. The van der Waals surface area contributed by atoms with Crippen molar-refractivity contribution < 1.29 is 14.6 Å². The smallest absolute Gasteiger partial charge is 0.302 e. The Morgan fingerprint density at radius 3 is 2.00 bits per heavy atom. The maximum Gasteiger partial charge on any atom is 0.302 e. The Hall–Kier alpha value is -0.610. The van der Waals surface area contributed by atoms with Crippen molar-refractivity contribution in [3.05, 3.63) is 5.21 Å². The number of quaternary nitrogens is 1. The van der Waals surface area contributed by atoms with Gasteiger partial charge in [0.15, 0.2) is 0 Å². The Morgan fingerprint density at radius 1 is 1.27 bits per heavy atom. The summed E-state index contributed by atoms with van der Waals surface area (Å²) in [6.07, 6.45) is 1.15. The lowest BCUT2D eigenvalue weighted by atomic mass is 9.80. The van der Waals surface area contributed by atoms with Crippen molar-refractivity contribution in [1.82, 2.24) is 0 Å². The zero-order valence-electron chi connectivity index (χ0n) is 10.2. The lowest BCUT2D eigenvalue weighted by molar-refractivity contribution is -0.956. The minimum atomic E-state index is -0.387. The van der Waals surface area contributed by atoms with E-state index in [1.807, 2.05) is 27.7 Å². The van der Waals surface area contributed by atoms with Gasteiger partial charge in [0.05, 0.1) is 11.1 Å². The van der Waals surface area contributed by atoms with E-state index in [1.54, 1.807) is 0 Å². The van der Waals surface area contributed by atoms with E-state index in [0.717, 1.165) is 0 Å². The summed E-state index contributed by atoms with van der Waals surface area (Å²) in [7, 11) is 0. The molecule has 0 amide bonds. The van der Waals surface area contributed by atoms with Gasteiger partial charge in [0.25, 0.3) is 0 Å². The maximum absolute atomic E-state index is 12.1. The van der Waals surface area contributed by atoms with Gasteiger partial charge in [-0.1, -0.05) is 0 Å². The van der Waals surface area contributed by atoms with Crippen molar-refractivity contribution in [2.75, 3.05) is 0 Å². The lowest BCUT2D eigenvalue weighted by Gasteiger charge is -2.54. The van der Waals surface area contributed by atoms with Crippen LogP contribution < -0.4 is 5.06 Å². The highest BCUT2D eigenvalue weighted by molar-refractivity contribution is 5.66. The second-order valence-electron chi connectivity index (χ2n) is 5.74. The number of nitrogens with one attached hydrogen (secondary N) is 1. The van der Waals surface area contributed by atoms with Crippen molar-refractivity contribution in [1.29, 1.82) is 0 Å². The Balaban J connectivity index is 2.79. The number of carbonyl (C=O) groups is 1. The van der Waals surface area contributed by atoms with Crippen molar-refractivity contribution in [2.24, 2.45) is 0 Å². The first-order chi connectivity index (χ1) is 6.65. The molecule has 0 aromatic heterocycles. The fourth-order valence-corrected chi connectivity index (χ4v) is 2.63. The third-order valence-electron chi connectivity index (χ3n) is 3.04. The van der Waals surface area contributed by atoms with E-state index < -0.39 is 0 Å². The van der Waals surface area contributed by atoms with Gasteiger partial charge in [-0.05, 0) is 27.7 Å². The van der Waals surface area contributed by atoms with Crippen LogP contribution in [0.3, 0.4) is 0 Å². The Labute approximate surface area is 91.2 Å². The van der Waals surface area contributed by atoms with E-state index in [0.29, 0.717) is 12.8 Å². The normalized spacial score (nSPS) is 33.5. The monoisotopic (exact) mass is 215 g/mol. The molecule has 1 aliphatic rings. The van der Waals surface area contributed by atoms with Gasteiger partial charge >= 0.3 is 5.97 Å². The molecule has 0 aliphatic carbocycles. The zero-order chi connectivity index (χ0) is 11.9. The van der Waals surface area contributed by atoms with E-state index in [4.69, 9.17) is 4.74 Å². The molecular weight excluding hydrogens is 194 g/mol. The molecule has 0 atom stereocenters. The van der Waals surface area contributed by atoms with Crippen LogP contribution in [0.15, 0.2) is 0 Å². The number of hydrogen-bond donors (Lipinski definition) is 1. The third-order valence-corrected chi connectivity index (χ3v) is 3.04. The standard InChI is InChI=1S/C11H21NO3/c1-8(13)15-9-6-10(2,3)12(14)11(4,5)7-9/h9,12H,6-7H2,1-5H3. The SMILES string of the molecule is CC(=O)OC1CC(C)(C)[NH+]([O-])C(C)(C)C1. The van der Waals surface area contributed by atoms with E-state index in [2.05, 4.69) is 0 Å². The summed E-state index contributed by atoms with van der Waals surface area (Å²) in [4.78, 5) is 10.9. The number of rotatable bonds is 1. The highest BCUT2D eigenvalue weighted by Crippen LogP contribution is 2.25. The van der Waals surface area contributed by atoms with Gasteiger partial charge in [0.1, 0.15) is 6.10 Å². The first kappa shape index (κ1) is 12.5. The van der Waals surface area contributed by atoms with Crippen molar-refractivity contribution in [2.45, 2.75) is 64.6 Å². The minimum absolute atomic E-state index is 0.120. The second-order valence-corrected chi connectivity index (χ2v) is 5.74. The molecule has 1 heterocycles. The fourth-order valence-electron chi connectivity index (χ4n) is 2.63. The molecule has 0 saturated carbocycles. The number of carbonyl (C=O) groups excluding carboxylic acids is 1. The predicted molar refractivity (Wildman–Crippen MR) is 57.3 cm³/mol. The molecule has 1 fully saturated rings. The summed E-state index contributed by atoms with van der Waals surface area (Å²) >= 11 is 0. The summed E-state index contributed by atoms with van der Waals surface area (Å²) in [5.41, 5.74) is -0.774. The van der Waals surface area contributed by atoms with E-state index in [9.17, 15) is 10.0 Å². The van der Waals surface area contributed by atoms with E-state index in [1.165, 1.54) is 6.92 Å². The summed E-state index contributed by atoms with van der Waals surface area (Å²) in [5.74, 6) is -0.263. The van der Waals surface area contributed by atoms with Crippen LogP contribution in [-0.2, 0) is 9.53 Å². The summed E-state index contributed by atoms with van der Waals surface area (Å²) in [6.45, 7) is 9.11. The number of hydrogen-bond acceptors (Lipinski definition) is 3. The highest BCUT2D eigenvalue weighted by Gasteiger charge is 2.46. The van der Waals surface area contributed by atoms with Crippen molar-refractivity contribution >= 4 is 5.97 Å². The molecule has 88 valence electrons. The molecule has 0 aromatic carbocycles. The number of esters is 1. The molecule has 0 radical (unpaired) electrons. The molecule has 4 heteroatoms. The van der Waals surface area contributed by atoms with Gasteiger partial charge < -0.3 is 15.0 Å². The average molecular weight is 215 g/mol. The van der Waals surface area contributed by atoms with Gasteiger partial charge in [-0.2, -0.15) is 0 Å². The first-order valence-electron chi connectivity index (χ1n) is 5.37. The topological polar surface area (TPSA) is 53.8 Å². The van der Waals surface area contributed by atoms with E-state index in [-0.39, 0.29) is 28.2 Å². The molecule has 15 heavy (non-hydrogen) atoms. The molecule has 4 nitrogen and oxygen atoms in total.